The number of nitrogens with one attached hydrogen (secondary N) is 1. The molecule has 1 atom stereocenters. The van der Waals surface area contributed by atoms with Crippen LogP contribution in [-0.4, -0.2) is 24.5 Å². The predicted octanol–water partition coefficient (Wildman–Crippen LogP) is 2.19. The molecule has 1 rings (SSSR count). The Hall–Kier alpha value is -1.32. The van der Waals surface area contributed by atoms with E-state index in [0.717, 1.165) is 25.7 Å². The summed E-state index contributed by atoms with van der Waals surface area (Å²) in [5.74, 6) is -0.314. The van der Waals surface area contributed by atoms with Gasteiger partial charge in [-0.05, 0) is 26.2 Å². The lowest BCUT2D eigenvalue weighted by molar-refractivity contribution is -0.147. The van der Waals surface area contributed by atoms with E-state index < -0.39 is 6.04 Å². The molecule has 1 N–H and O–H groups in total. The molecule has 0 aromatic heterocycles. The molecule has 0 aromatic carbocycles. The Morgan fingerprint density at radius 2 is 2.06 bits per heavy atom. The van der Waals surface area contributed by atoms with E-state index in [1.54, 1.807) is 13.0 Å². The number of esters is 1. The highest BCUT2D eigenvalue weighted by Crippen LogP contribution is 2.23. The monoisotopic (exact) mass is 253 g/mol. The zero-order valence-electron chi connectivity index (χ0n) is 11.1. The van der Waals surface area contributed by atoms with Crippen LogP contribution in [0.1, 0.15) is 45.4 Å². The molecule has 18 heavy (non-hydrogen) atoms. The maximum absolute atomic E-state index is 11.9. The largest absolute Gasteiger partial charge is 0.464 e. The fourth-order valence-electron chi connectivity index (χ4n) is 2.12. The van der Waals surface area contributed by atoms with Gasteiger partial charge in [0.2, 0.25) is 5.91 Å². The third-order valence-corrected chi connectivity index (χ3v) is 3.25. The maximum Gasteiger partial charge on any atom is 0.328 e. The van der Waals surface area contributed by atoms with Gasteiger partial charge >= 0.3 is 5.97 Å². The van der Waals surface area contributed by atoms with Gasteiger partial charge in [0.25, 0.3) is 0 Å². The highest BCUT2D eigenvalue weighted by Gasteiger charge is 2.24. The van der Waals surface area contributed by atoms with Crippen molar-refractivity contribution < 1.29 is 14.3 Å². The zero-order valence-corrected chi connectivity index (χ0v) is 11.1. The fourth-order valence-corrected chi connectivity index (χ4v) is 2.12. The van der Waals surface area contributed by atoms with Crippen molar-refractivity contribution in [2.24, 2.45) is 5.92 Å². The van der Waals surface area contributed by atoms with Crippen molar-refractivity contribution in [3.05, 3.63) is 12.7 Å². The zero-order chi connectivity index (χ0) is 13.4. The molecule has 102 valence electrons. The van der Waals surface area contributed by atoms with Crippen molar-refractivity contribution in [3.63, 3.8) is 0 Å². The summed E-state index contributed by atoms with van der Waals surface area (Å²) in [6, 6.07) is -0.566. The first-order valence-corrected chi connectivity index (χ1v) is 6.73. The maximum atomic E-state index is 11.9. The van der Waals surface area contributed by atoms with Crippen LogP contribution in [0.25, 0.3) is 0 Å². The van der Waals surface area contributed by atoms with E-state index in [4.69, 9.17) is 4.74 Å². The molecule has 4 heteroatoms. The molecule has 0 heterocycles. The van der Waals surface area contributed by atoms with Gasteiger partial charge in [-0.25, -0.2) is 4.79 Å². The number of ether oxygens (including phenoxy) is 1. The summed E-state index contributed by atoms with van der Waals surface area (Å²) in [6.07, 6.45) is 7.62. The van der Waals surface area contributed by atoms with Crippen LogP contribution in [0.3, 0.4) is 0 Å². The average molecular weight is 253 g/mol. The average Bonchev–Trinajstić information content (AvgIpc) is 2.39. The molecule has 0 unspecified atom stereocenters. The van der Waals surface area contributed by atoms with Crippen LogP contribution in [0.5, 0.6) is 0 Å². The number of hydrogen-bond donors (Lipinski definition) is 1. The molecule has 1 saturated carbocycles. The predicted molar refractivity (Wildman–Crippen MR) is 70.0 cm³/mol. The molecule has 0 spiro atoms. The van der Waals surface area contributed by atoms with E-state index in [1.807, 2.05) is 0 Å². The van der Waals surface area contributed by atoms with Gasteiger partial charge in [-0.3, -0.25) is 4.79 Å². The Morgan fingerprint density at radius 3 is 2.67 bits per heavy atom. The highest BCUT2D eigenvalue weighted by atomic mass is 16.5. The van der Waals surface area contributed by atoms with Gasteiger partial charge in [0.15, 0.2) is 0 Å². The number of carbonyl (C=O) groups is 2. The van der Waals surface area contributed by atoms with Crippen molar-refractivity contribution in [1.29, 1.82) is 0 Å². The van der Waals surface area contributed by atoms with Crippen LogP contribution in [-0.2, 0) is 14.3 Å². The van der Waals surface area contributed by atoms with Crippen LogP contribution in [0.2, 0.25) is 0 Å². The molecular formula is C14H23NO3. The molecule has 1 aliphatic carbocycles. The summed E-state index contributed by atoms with van der Waals surface area (Å²) in [5, 5.41) is 2.74. The number of amides is 1. The topological polar surface area (TPSA) is 55.4 Å². The second kappa shape index (κ2) is 7.90. The summed E-state index contributed by atoms with van der Waals surface area (Å²) in [7, 11) is 0. The first-order valence-electron chi connectivity index (χ1n) is 6.73. The van der Waals surface area contributed by atoms with Gasteiger partial charge in [-0.1, -0.05) is 25.3 Å². The summed E-state index contributed by atoms with van der Waals surface area (Å²) in [4.78, 5) is 23.5. The van der Waals surface area contributed by atoms with Crippen LogP contribution >= 0.6 is 0 Å². The van der Waals surface area contributed by atoms with Crippen LogP contribution < -0.4 is 5.32 Å². The third kappa shape index (κ3) is 4.90. The van der Waals surface area contributed by atoms with Gasteiger partial charge in [0.1, 0.15) is 6.04 Å². The number of carbonyl (C=O) groups excluding carboxylic acids is 2. The van der Waals surface area contributed by atoms with E-state index in [-0.39, 0.29) is 17.8 Å². The summed E-state index contributed by atoms with van der Waals surface area (Å²) in [5.41, 5.74) is 0. The summed E-state index contributed by atoms with van der Waals surface area (Å²) < 4.78 is 5.01. The van der Waals surface area contributed by atoms with Gasteiger partial charge in [-0.15, -0.1) is 6.58 Å². The van der Waals surface area contributed by atoms with Gasteiger partial charge in [0.05, 0.1) is 6.61 Å². The fraction of sp³-hybridized carbons (Fsp3) is 0.714. The summed E-state index contributed by atoms with van der Waals surface area (Å²) >= 11 is 0. The second-order valence-corrected chi connectivity index (χ2v) is 4.81. The SMILES string of the molecule is C=CCCOC(=O)[C@@H](C)NC(=O)C1CCCCC1. The van der Waals surface area contributed by atoms with Crippen molar-refractivity contribution in [3.8, 4) is 0 Å². The normalized spacial score (nSPS) is 17.8. The lowest BCUT2D eigenvalue weighted by Crippen LogP contribution is -2.43. The van der Waals surface area contributed by atoms with E-state index >= 15 is 0 Å². The van der Waals surface area contributed by atoms with E-state index in [0.29, 0.717) is 13.0 Å². The molecular weight excluding hydrogens is 230 g/mol. The van der Waals surface area contributed by atoms with E-state index in [9.17, 15) is 9.59 Å². The Labute approximate surface area is 109 Å². The van der Waals surface area contributed by atoms with Crippen LogP contribution in [0, 0.1) is 5.92 Å². The Kier molecular flexibility index (Phi) is 6.47. The summed E-state index contributed by atoms with van der Waals surface area (Å²) in [6.45, 7) is 5.54. The third-order valence-electron chi connectivity index (χ3n) is 3.25. The molecule has 1 amide bonds. The minimum absolute atomic E-state index is 0.0112. The van der Waals surface area contributed by atoms with E-state index in [2.05, 4.69) is 11.9 Å². The van der Waals surface area contributed by atoms with Gasteiger partial charge in [-0.2, -0.15) is 0 Å². The van der Waals surface area contributed by atoms with Crippen molar-refractivity contribution in [2.45, 2.75) is 51.5 Å². The Balaban J connectivity index is 2.28. The van der Waals surface area contributed by atoms with Gasteiger partial charge in [0, 0.05) is 5.92 Å². The number of rotatable bonds is 6. The van der Waals surface area contributed by atoms with E-state index in [1.165, 1.54) is 6.42 Å². The minimum Gasteiger partial charge on any atom is -0.464 e. The molecule has 0 aromatic rings. The molecule has 0 saturated heterocycles. The lowest BCUT2D eigenvalue weighted by atomic mass is 9.88. The first-order chi connectivity index (χ1) is 8.65. The van der Waals surface area contributed by atoms with Gasteiger partial charge < -0.3 is 10.1 Å². The first kappa shape index (κ1) is 14.7. The standard InChI is InChI=1S/C14H23NO3/c1-3-4-10-18-14(17)11(2)15-13(16)12-8-6-5-7-9-12/h3,11-12H,1,4-10H2,2H3,(H,15,16)/t11-/m1/s1. The Morgan fingerprint density at radius 1 is 1.39 bits per heavy atom. The Bertz CT molecular complexity index is 295. The molecule has 4 nitrogen and oxygen atoms in total. The van der Waals surface area contributed by atoms with Crippen LogP contribution in [0.4, 0.5) is 0 Å². The van der Waals surface area contributed by atoms with Crippen molar-refractivity contribution in [1.82, 2.24) is 5.32 Å². The molecule has 0 bridgehead atoms. The highest BCUT2D eigenvalue weighted by molar-refractivity contribution is 5.85. The van der Waals surface area contributed by atoms with Crippen molar-refractivity contribution >= 4 is 11.9 Å². The molecule has 0 radical (unpaired) electrons. The van der Waals surface area contributed by atoms with Crippen LogP contribution in [0.15, 0.2) is 12.7 Å². The molecule has 1 aliphatic rings. The lowest BCUT2D eigenvalue weighted by Gasteiger charge is -2.22. The molecule has 0 aliphatic heterocycles. The molecule has 1 fully saturated rings. The second-order valence-electron chi connectivity index (χ2n) is 4.81. The van der Waals surface area contributed by atoms with Crippen molar-refractivity contribution in [2.75, 3.05) is 6.61 Å². The smallest absolute Gasteiger partial charge is 0.328 e. The quantitative estimate of drug-likeness (QED) is 0.448. The minimum atomic E-state index is -0.566. The number of hydrogen-bond acceptors (Lipinski definition) is 3.